The molecular weight excluding hydrogens is 403 g/mol. The molecule has 0 radical (unpaired) electrons. The number of halogens is 3. The van der Waals surface area contributed by atoms with E-state index in [9.17, 15) is 27.6 Å². The second kappa shape index (κ2) is 9.60. The van der Waals surface area contributed by atoms with Gasteiger partial charge in [0.25, 0.3) is 0 Å². The van der Waals surface area contributed by atoms with Gasteiger partial charge in [-0.2, -0.15) is 13.2 Å². The third-order valence-electron chi connectivity index (χ3n) is 4.60. The van der Waals surface area contributed by atoms with Gasteiger partial charge in [-0.1, -0.05) is 18.2 Å². The highest BCUT2D eigenvalue weighted by Crippen LogP contribution is 2.46. The molecule has 0 aromatic heterocycles. The molecule has 1 aromatic carbocycles. The van der Waals surface area contributed by atoms with Gasteiger partial charge < -0.3 is 14.8 Å². The first kappa shape index (κ1) is 23.2. The fourth-order valence-corrected chi connectivity index (χ4v) is 3.51. The van der Waals surface area contributed by atoms with Crippen molar-refractivity contribution in [3.63, 3.8) is 0 Å². The lowest BCUT2D eigenvalue weighted by Gasteiger charge is -2.36. The van der Waals surface area contributed by atoms with Gasteiger partial charge in [-0.3, -0.25) is 9.59 Å². The van der Waals surface area contributed by atoms with Crippen LogP contribution in [0.25, 0.3) is 0 Å². The summed E-state index contributed by atoms with van der Waals surface area (Å²) in [6.07, 6.45) is -3.29. The first-order chi connectivity index (χ1) is 14.2. The number of rotatable bonds is 6. The van der Waals surface area contributed by atoms with Gasteiger partial charge in [-0.25, -0.2) is 4.79 Å². The summed E-state index contributed by atoms with van der Waals surface area (Å²) in [6.45, 7) is 4.53. The standard InChI is InChI=1S/C21H22F3NO5/c1-4-29-19(27)16-12(3)25-15(10-11-26)18(20(28)30-5-2)17(16)13-8-6-7-9-14(13)21(22,23)24/h6-11,17-18,25H,4-5H2,1-3H3/b15-10-/t17-,18-/m0/s1. The van der Waals surface area contributed by atoms with E-state index in [1.807, 2.05) is 0 Å². The van der Waals surface area contributed by atoms with Gasteiger partial charge in [-0.05, 0) is 38.5 Å². The first-order valence-electron chi connectivity index (χ1n) is 9.30. The minimum atomic E-state index is -4.73. The summed E-state index contributed by atoms with van der Waals surface area (Å²) in [6, 6.07) is 4.68. The molecule has 0 fully saturated rings. The SMILES string of the molecule is CCOC(=O)C1=C(C)N/C(=C\C=O)[C@H](C(=O)OCC)[C@H]1c1ccccc1C(F)(F)F. The minimum absolute atomic E-state index is 0.00957. The molecule has 6 nitrogen and oxygen atoms in total. The Morgan fingerprint density at radius 2 is 1.77 bits per heavy atom. The first-order valence-corrected chi connectivity index (χ1v) is 9.30. The highest BCUT2D eigenvalue weighted by atomic mass is 19.4. The van der Waals surface area contributed by atoms with E-state index < -0.39 is 35.5 Å². The van der Waals surface area contributed by atoms with Gasteiger partial charge in [0, 0.05) is 17.3 Å². The van der Waals surface area contributed by atoms with Crippen molar-refractivity contribution in [3.8, 4) is 0 Å². The molecule has 1 aliphatic rings. The number of allylic oxidation sites excluding steroid dienone is 2. The molecule has 1 aromatic rings. The van der Waals surface area contributed by atoms with Crippen LogP contribution in [0.15, 0.2) is 47.3 Å². The monoisotopic (exact) mass is 425 g/mol. The van der Waals surface area contributed by atoms with Crippen LogP contribution in [0.4, 0.5) is 13.2 Å². The predicted octanol–water partition coefficient (Wildman–Crippen LogP) is 3.49. The molecule has 2 atom stereocenters. The van der Waals surface area contributed by atoms with Crippen molar-refractivity contribution in [2.75, 3.05) is 13.2 Å². The quantitative estimate of drug-likeness (QED) is 0.427. The number of carbonyl (C=O) groups is 3. The lowest BCUT2D eigenvalue weighted by molar-refractivity contribution is -0.149. The van der Waals surface area contributed by atoms with Crippen molar-refractivity contribution in [1.29, 1.82) is 0 Å². The van der Waals surface area contributed by atoms with Crippen molar-refractivity contribution in [1.82, 2.24) is 5.32 Å². The molecule has 1 N–H and O–H groups in total. The molecule has 0 amide bonds. The van der Waals surface area contributed by atoms with Crippen molar-refractivity contribution in [3.05, 3.63) is 58.4 Å². The zero-order valence-electron chi connectivity index (χ0n) is 16.7. The Labute approximate surface area is 171 Å². The molecule has 30 heavy (non-hydrogen) atoms. The molecule has 162 valence electrons. The van der Waals surface area contributed by atoms with Crippen molar-refractivity contribution in [2.45, 2.75) is 32.9 Å². The number of carbonyl (C=O) groups excluding carboxylic acids is 3. The summed E-state index contributed by atoms with van der Waals surface area (Å²) < 4.78 is 51.4. The van der Waals surface area contributed by atoms with Crippen LogP contribution >= 0.6 is 0 Å². The highest BCUT2D eigenvalue weighted by Gasteiger charge is 2.47. The van der Waals surface area contributed by atoms with Gasteiger partial charge in [-0.15, -0.1) is 0 Å². The Kier molecular flexibility index (Phi) is 7.42. The predicted molar refractivity (Wildman–Crippen MR) is 101 cm³/mol. The largest absolute Gasteiger partial charge is 0.465 e. The fraction of sp³-hybridized carbons (Fsp3) is 0.381. The third-order valence-corrected chi connectivity index (χ3v) is 4.60. The molecule has 0 bridgehead atoms. The average Bonchev–Trinajstić information content (AvgIpc) is 2.67. The number of ether oxygens (including phenoxy) is 2. The normalized spacial score (nSPS) is 20.5. The van der Waals surface area contributed by atoms with Crippen LogP contribution in [0, 0.1) is 5.92 Å². The van der Waals surface area contributed by atoms with Gasteiger partial charge in [0.15, 0.2) is 0 Å². The smallest absolute Gasteiger partial charge is 0.416 e. The summed E-state index contributed by atoms with van der Waals surface area (Å²) in [5.41, 5.74) is -1.19. The lowest BCUT2D eigenvalue weighted by Crippen LogP contribution is -2.41. The van der Waals surface area contributed by atoms with E-state index in [4.69, 9.17) is 9.47 Å². The van der Waals surface area contributed by atoms with E-state index >= 15 is 0 Å². The lowest BCUT2D eigenvalue weighted by atomic mass is 9.74. The van der Waals surface area contributed by atoms with Crippen LogP contribution in [0.5, 0.6) is 0 Å². The highest BCUT2D eigenvalue weighted by molar-refractivity contribution is 5.94. The average molecular weight is 425 g/mol. The number of esters is 2. The molecule has 0 spiro atoms. The van der Waals surface area contributed by atoms with Gasteiger partial charge >= 0.3 is 18.1 Å². The van der Waals surface area contributed by atoms with Crippen LogP contribution in [0.1, 0.15) is 37.8 Å². The van der Waals surface area contributed by atoms with Crippen molar-refractivity contribution < 1.29 is 37.0 Å². The Hall–Kier alpha value is -3.10. The Morgan fingerprint density at radius 3 is 2.33 bits per heavy atom. The van der Waals surface area contributed by atoms with Crippen molar-refractivity contribution >= 4 is 18.2 Å². The molecule has 0 saturated carbocycles. The van der Waals surface area contributed by atoms with Gasteiger partial charge in [0.2, 0.25) is 0 Å². The van der Waals surface area contributed by atoms with Crippen LogP contribution in [-0.2, 0) is 30.0 Å². The zero-order valence-corrected chi connectivity index (χ0v) is 16.7. The van der Waals surface area contributed by atoms with Crippen LogP contribution in [-0.4, -0.2) is 31.4 Å². The van der Waals surface area contributed by atoms with Crippen molar-refractivity contribution in [2.24, 2.45) is 5.92 Å². The van der Waals surface area contributed by atoms with E-state index in [1.54, 1.807) is 13.8 Å². The number of hydrogen-bond donors (Lipinski definition) is 1. The molecule has 0 saturated heterocycles. The summed E-state index contributed by atoms with van der Waals surface area (Å²) in [4.78, 5) is 36.6. The molecule has 9 heteroatoms. The minimum Gasteiger partial charge on any atom is -0.465 e. The maximum atomic E-state index is 13.8. The van der Waals surface area contributed by atoms with Crippen LogP contribution in [0.3, 0.4) is 0 Å². The van der Waals surface area contributed by atoms with E-state index in [2.05, 4.69) is 5.32 Å². The molecule has 0 unspecified atom stereocenters. The number of hydrogen-bond acceptors (Lipinski definition) is 6. The van der Waals surface area contributed by atoms with E-state index in [-0.39, 0.29) is 35.7 Å². The number of benzene rings is 1. The second-order valence-electron chi connectivity index (χ2n) is 6.43. The molecule has 0 aliphatic carbocycles. The Bertz CT molecular complexity index is 889. The summed E-state index contributed by atoms with van der Waals surface area (Å²) >= 11 is 0. The van der Waals surface area contributed by atoms with Crippen LogP contribution < -0.4 is 5.32 Å². The van der Waals surface area contributed by atoms with Gasteiger partial charge in [0.1, 0.15) is 12.2 Å². The summed E-state index contributed by atoms with van der Waals surface area (Å²) in [5, 5.41) is 2.78. The van der Waals surface area contributed by atoms with Gasteiger partial charge in [0.05, 0.1) is 24.4 Å². The number of aldehydes is 1. The topological polar surface area (TPSA) is 81.7 Å². The zero-order chi connectivity index (χ0) is 22.5. The van der Waals surface area contributed by atoms with E-state index in [0.29, 0.717) is 6.29 Å². The van der Waals surface area contributed by atoms with Crippen LogP contribution in [0.2, 0.25) is 0 Å². The fourth-order valence-electron chi connectivity index (χ4n) is 3.51. The maximum Gasteiger partial charge on any atom is 0.416 e. The maximum absolute atomic E-state index is 13.8. The van der Waals surface area contributed by atoms with E-state index in [1.165, 1.54) is 25.1 Å². The summed E-state index contributed by atoms with van der Waals surface area (Å²) in [7, 11) is 0. The molecule has 1 aliphatic heterocycles. The second-order valence-corrected chi connectivity index (χ2v) is 6.43. The number of alkyl halides is 3. The Balaban J connectivity index is 2.85. The molecule has 1 heterocycles. The van der Waals surface area contributed by atoms with E-state index in [0.717, 1.165) is 12.1 Å². The summed E-state index contributed by atoms with van der Waals surface area (Å²) in [5.74, 6) is -4.46. The molecular formula is C21H22F3NO5. The Morgan fingerprint density at radius 1 is 1.13 bits per heavy atom. The number of nitrogens with one attached hydrogen (secondary N) is 1. The third kappa shape index (κ3) is 4.72. The molecule has 2 rings (SSSR count).